The maximum absolute atomic E-state index is 4.94. The third-order valence-corrected chi connectivity index (χ3v) is 5.24. The van der Waals surface area contributed by atoms with Crippen molar-refractivity contribution in [1.29, 1.82) is 0 Å². The van der Waals surface area contributed by atoms with Gasteiger partial charge < -0.3 is 14.5 Å². The molecule has 0 radical (unpaired) electrons. The van der Waals surface area contributed by atoms with Crippen molar-refractivity contribution in [2.45, 2.75) is 52.0 Å². The van der Waals surface area contributed by atoms with Gasteiger partial charge in [-0.15, -0.1) is 0 Å². The molecule has 0 unspecified atom stereocenters. The van der Waals surface area contributed by atoms with E-state index in [0.717, 1.165) is 24.0 Å². The Bertz CT molecular complexity index is 823. The van der Waals surface area contributed by atoms with Crippen LogP contribution in [0.5, 0.6) is 0 Å². The molecular formula is C19H27N5. The van der Waals surface area contributed by atoms with Crippen LogP contribution in [-0.2, 0) is 6.42 Å². The van der Waals surface area contributed by atoms with Gasteiger partial charge in [-0.2, -0.15) is 0 Å². The summed E-state index contributed by atoms with van der Waals surface area (Å²) in [5, 5.41) is 1.21. The lowest BCUT2D eigenvalue weighted by Gasteiger charge is -2.33. The Labute approximate surface area is 143 Å². The molecule has 4 heterocycles. The lowest BCUT2D eigenvalue weighted by molar-refractivity contribution is 0.187. The summed E-state index contributed by atoms with van der Waals surface area (Å²) >= 11 is 0. The van der Waals surface area contributed by atoms with Crippen molar-refractivity contribution in [2.24, 2.45) is 0 Å². The van der Waals surface area contributed by atoms with Gasteiger partial charge in [-0.1, -0.05) is 13.8 Å². The van der Waals surface area contributed by atoms with Crippen LogP contribution in [0.1, 0.15) is 51.4 Å². The number of H-pyrrole nitrogens is 1. The number of hydrogen-bond acceptors (Lipinski definition) is 3. The number of likely N-dealkylation sites (tertiary alicyclic amines) is 1. The van der Waals surface area contributed by atoms with Gasteiger partial charge in [0, 0.05) is 37.1 Å². The summed E-state index contributed by atoms with van der Waals surface area (Å²) in [4.78, 5) is 15.3. The summed E-state index contributed by atoms with van der Waals surface area (Å²) in [6.45, 7) is 8.13. The molecule has 0 saturated carbocycles. The molecule has 1 N–H and O–H groups in total. The molecule has 0 atom stereocenters. The monoisotopic (exact) mass is 325 g/mol. The van der Waals surface area contributed by atoms with Crippen LogP contribution < -0.4 is 0 Å². The van der Waals surface area contributed by atoms with Gasteiger partial charge in [0.15, 0.2) is 0 Å². The van der Waals surface area contributed by atoms with Gasteiger partial charge in [-0.25, -0.2) is 9.97 Å². The number of aromatic amines is 1. The summed E-state index contributed by atoms with van der Waals surface area (Å²) in [5.41, 5.74) is 3.29. The molecular weight excluding hydrogens is 298 g/mol. The van der Waals surface area contributed by atoms with E-state index >= 15 is 0 Å². The van der Waals surface area contributed by atoms with E-state index in [4.69, 9.17) is 4.98 Å². The predicted molar refractivity (Wildman–Crippen MR) is 98.4 cm³/mol. The quantitative estimate of drug-likeness (QED) is 0.773. The normalized spacial score (nSPS) is 17.2. The highest BCUT2D eigenvalue weighted by Gasteiger charge is 2.25. The van der Waals surface area contributed by atoms with Gasteiger partial charge in [0.05, 0.1) is 11.7 Å². The number of nitrogens with one attached hydrogen (secondary N) is 1. The van der Waals surface area contributed by atoms with Crippen molar-refractivity contribution in [3.05, 3.63) is 24.3 Å². The van der Waals surface area contributed by atoms with E-state index in [9.17, 15) is 0 Å². The van der Waals surface area contributed by atoms with Gasteiger partial charge in [0.25, 0.3) is 0 Å². The van der Waals surface area contributed by atoms with Crippen LogP contribution in [0.4, 0.5) is 0 Å². The molecule has 5 nitrogen and oxygen atoms in total. The molecule has 3 aromatic heterocycles. The van der Waals surface area contributed by atoms with Crippen molar-refractivity contribution in [2.75, 3.05) is 19.6 Å². The van der Waals surface area contributed by atoms with E-state index in [1.165, 1.54) is 55.6 Å². The molecule has 0 amide bonds. The molecule has 0 spiro atoms. The second-order valence-corrected chi connectivity index (χ2v) is 6.95. The van der Waals surface area contributed by atoms with Crippen molar-refractivity contribution in [3.8, 4) is 0 Å². The van der Waals surface area contributed by atoms with Crippen molar-refractivity contribution in [3.63, 3.8) is 0 Å². The van der Waals surface area contributed by atoms with Gasteiger partial charge in [-0.05, 0) is 38.3 Å². The fraction of sp³-hybridized carbons (Fsp3) is 0.579. The third-order valence-electron chi connectivity index (χ3n) is 5.24. The van der Waals surface area contributed by atoms with E-state index in [1.807, 2.05) is 12.4 Å². The Balaban J connectivity index is 1.77. The van der Waals surface area contributed by atoms with Crippen molar-refractivity contribution >= 4 is 22.1 Å². The molecule has 1 aliphatic heterocycles. The Morgan fingerprint density at radius 2 is 2.04 bits per heavy atom. The molecule has 0 aliphatic carbocycles. The van der Waals surface area contributed by atoms with Crippen LogP contribution >= 0.6 is 0 Å². The minimum atomic E-state index is 0.560. The zero-order valence-electron chi connectivity index (χ0n) is 14.8. The molecule has 4 rings (SSSR count). The fourth-order valence-corrected chi connectivity index (χ4v) is 4.15. The topological polar surface area (TPSA) is 49.7 Å². The Hall–Kier alpha value is -1.88. The lowest BCUT2D eigenvalue weighted by Crippen LogP contribution is -2.35. The fourth-order valence-electron chi connectivity index (χ4n) is 4.15. The number of imidazole rings is 1. The highest BCUT2D eigenvalue weighted by atomic mass is 15.2. The highest BCUT2D eigenvalue weighted by molar-refractivity contribution is 6.01. The second kappa shape index (κ2) is 6.55. The predicted octanol–water partition coefficient (Wildman–Crippen LogP) is 3.91. The number of nitrogens with zero attached hydrogens (tertiary/aromatic N) is 4. The summed E-state index contributed by atoms with van der Waals surface area (Å²) in [5.74, 6) is 1.23. The van der Waals surface area contributed by atoms with Crippen LogP contribution in [0.25, 0.3) is 22.1 Å². The van der Waals surface area contributed by atoms with Gasteiger partial charge in [-0.3, -0.25) is 0 Å². The van der Waals surface area contributed by atoms with E-state index in [1.54, 1.807) is 0 Å². The van der Waals surface area contributed by atoms with Crippen LogP contribution in [0.3, 0.4) is 0 Å². The summed E-state index contributed by atoms with van der Waals surface area (Å²) in [7, 11) is 0. The van der Waals surface area contributed by atoms with Crippen LogP contribution in [0.15, 0.2) is 18.5 Å². The zero-order chi connectivity index (χ0) is 16.5. The van der Waals surface area contributed by atoms with Crippen LogP contribution in [0, 0.1) is 0 Å². The van der Waals surface area contributed by atoms with Gasteiger partial charge in [0.2, 0.25) is 0 Å². The second-order valence-electron chi connectivity index (χ2n) is 6.95. The van der Waals surface area contributed by atoms with E-state index in [2.05, 4.69) is 39.3 Å². The first-order chi connectivity index (χ1) is 11.8. The molecule has 5 heteroatoms. The smallest absolute Gasteiger partial charge is 0.139 e. The number of rotatable bonds is 5. The SMILES string of the molecule is CCCc1nc2cnc3[nH]ccc3c2n1C1CCN(CCC)CC1. The number of piperidine rings is 1. The molecule has 24 heavy (non-hydrogen) atoms. The standard InChI is InChI=1S/C19H27N5/c1-3-5-17-22-16-13-21-19-15(6-9-20-19)18(16)24(17)14-7-11-23(10-4-2)12-8-14/h6,9,13-14H,3-5,7-8,10-12H2,1-2H3,(H,20,21). The first kappa shape index (κ1) is 15.6. The number of pyridine rings is 1. The molecule has 0 bridgehead atoms. The average molecular weight is 325 g/mol. The zero-order valence-corrected chi connectivity index (χ0v) is 14.8. The number of aryl methyl sites for hydroxylation is 1. The minimum Gasteiger partial charge on any atom is -0.346 e. The first-order valence-electron chi connectivity index (χ1n) is 9.37. The number of aromatic nitrogens is 4. The largest absolute Gasteiger partial charge is 0.346 e. The third kappa shape index (κ3) is 2.61. The maximum atomic E-state index is 4.94. The molecule has 1 saturated heterocycles. The minimum absolute atomic E-state index is 0.560. The molecule has 0 aromatic carbocycles. The highest BCUT2D eigenvalue weighted by Crippen LogP contribution is 2.32. The van der Waals surface area contributed by atoms with Crippen molar-refractivity contribution < 1.29 is 0 Å². The summed E-state index contributed by atoms with van der Waals surface area (Å²) in [6.07, 6.45) is 9.76. The van der Waals surface area contributed by atoms with E-state index in [0.29, 0.717) is 6.04 Å². The average Bonchev–Trinajstić information content (AvgIpc) is 3.20. The molecule has 1 aliphatic rings. The Morgan fingerprint density at radius 1 is 1.21 bits per heavy atom. The van der Waals surface area contributed by atoms with E-state index in [-0.39, 0.29) is 0 Å². The summed E-state index contributed by atoms with van der Waals surface area (Å²) in [6, 6.07) is 2.70. The maximum Gasteiger partial charge on any atom is 0.139 e. The lowest BCUT2D eigenvalue weighted by atomic mass is 10.0. The number of fused-ring (bicyclic) bond motifs is 3. The van der Waals surface area contributed by atoms with E-state index < -0.39 is 0 Å². The van der Waals surface area contributed by atoms with Gasteiger partial charge in [0.1, 0.15) is 17.0 Å². The Kier molecular flexibility index (Phi) is 4.27. The molecule has 128 valence electrons. The first-order valence-corrected chi connectivity index (χ1v) is 9.37. The summed E-state index contributed by atoms with van der Waals surface area (Å²) < 4.78 is 2.54. The molecule has 3 aromatic rings. The van der Waals surface area contributed by atoms with Crippen LogP contribution in [-0.4, -0.2) is 44.1 Å². The molecule has 1 fully saturated rings. The Morgan fingerprint density at radius 3 is 2.79 bits per heavy atom. The number of hydrogen-bond donors (Lipinski definition) is 1. The van der Waals surface area contributed by atoms with Crippen LogP contribution in [0.2, 0.25) is 0 Å². The van der Waals surface area contributed by atoms with Gasteiger partial charge >= 0.3 is 0 Å². The van der Waals surface area contributed by atoms with Crippen molar-refractivity contribution in [1.82, 2.24) is 24.4 Å².